The van der Waals surface area contributed by atoms with Gasteiger partial charge in [-0.05, 0) is 29.6 Å². The smallest absolute Gasteiger partial charge is 0.290 e. The van der Waals surface area contributed by atoms with Crippen molar-refractivity contribution in [2.24, 2.45) is 0 Å². The van der Waals surface area contributed by atoms with Crippen molar-refractivity contribution in [3.63, 3.8) is 0 Å². The summed E-state index contributed by atoms with van der Waals surface area (Å²) in [6.07, 6.45) is 0. The van der Waals surface area contributed by atoms with E-state index in [4.69, 9.17) is 0 Å². The van der Waals surface area contributed by atoms with E-state index in [1.807, 2.05) is 40.6 Å². The first-order valence-electron chi connectivity index (χ1n) is 9.92. The molecule has 0 unspecified atom stereocenters. The van der Waals surface area contributed by atoms with Crippen molar-refractivity contribution in [3.05, 3.63) is 64.3 Å². The molecule has 31 heavy (non-hydrogen) atoms. The van der Waals surface area contributed by atoms with Gasteiger partial charge in [0.1, 0.15) is 11.2 Å². The zero-order valence-corrected chi connectivity index (χ0v) is 18.2. The SMILES string of the molecule is O=C(CSc1n[nH]c(=O)c2cc(-c3cccs3)nn12)N1CCN(c2ccccc2)CC1. The molecule has 0 bridgehead atoms. The zero-order chi connectivity index (χ0) is 21.2. The summed E-state index contributed by atoms with van der Waals surface area (Å²) in [6, 6.07) is 15.9. The minimum Gasteiger partial charge on any atom is -0.368 e. The summed E-state index contributed by atoms with van der Waals surface area (Å²) in [5, 5.41) is 13.6. The molecule has 0 atom stereocenters. The Morgan fingerprint density at radius 3 is 2.65 bits per heavy atom. The number of nitrogens with one attached hydrogen (secondary N) is 1. The number of aromatic amines is 1. The van der Waals surface area contributed by atoms with Crippen LogP contribution in [0.15, 0.2) is 63.9 Å². The monoisotopic (exact) mass is 452 g/mol. The lowest BCUT2D eigenvalue weighted by molar-refractivity contribution is -0.128. The highest BCUT2D eigenvalue weighted by Crippen LogP contribution is 2.25. The van der Waals surface area contributed by atoms with Crippen LogP contribution in [0.1, 0.15) is 0 Å². The molecule has 10 heteroatoms. The summed E-state index contributed by atoms with van der Waals surface area (Å²) in [5.74, 6) is 0.303. The molecule has 1 N–H and O–H groups in total. The van der Waals surface area contributed by atoms with Crippen LogP contribution in [0.25, 0.3) is 16.1 Å². The Morgan fingerprint density at radius 1 is 1.10 bits per heavy atom. The van der Waals surface area contributed by atoms with Gasteiger partial charge >= 0.3 is 0 Å². The number of anilines is 1. The predicted molar refractivity (Wildman–Crippen MR) is 123 cm³/mol. The average Bonchev–Trinajstić information content (AvgIpc) is 3.50. The number of aromatic nitrogens is 4. The Labute approximate surface area is 186 Å². The molecule has 3 aromatic heterocycles. The van der Waals surface area contributed by atoms with Crippen molar-refractivity contribution >= 4 is 40.2 Å². The number of rotatable bonds is 5. The first kappa shape index (κ1) is 19.8. The average molecular weight is 453 g/mol. The summed E-state index contributed by atoms with van der Waals surface area (Å²) in [4.78, 5) is 30.1. The molecule has 1 aliphatic heterocycles. The number of H-pyrrole nitrogens is 1. The molecule has 1 fully saturated rings. The highest BCUT2D eigenvalue weighted by molar-refractivity contribution is 7.99. The van der Waals surface area contributed by atoms with E-state index in [1.165, 1.54) is 22.0 Å². The van der Waals surface area contributed by atoms with Gasteiger partial charge in [0.2, 0.25) is 11.1 Å². The van der Waals surface area contributed by atoms with Gasteiger partial charge in [-0.1, -0.05) is 36.0 Å². The quantitative estimate of drug-likeness (QED) is 0.469. The van der Waals surface area contributed by atoms with Gasteiger partial charge in [-0.2, -0.15) is 5.10 Å². The van der Waals surface area contributed by atoms with Crippen LogP contribution in [0, 0.1) is 0 Å². The lowest BCUT2D eigenvalue weighted by atomic mass is 10.2. The van der Waals surface area contributed by atoms with Crippen molar-refractivity contribution in [2.75, 3.05) is 36.8 Å². The summed E-state index contributed by atoms with van der Waals surface area (Å²) in [6.45, 7) is 3.00. The van der Waals surface area contributed by atoms with Crippen molar-refractivity contribution in [1.82, 2.24) is 24.7 Å². The second-order valence-electron chi connectivity index (χ2n) is 7.13. The van der Waals surface area contributed by atoms with Crippen LogP contribution >= 0.6 is 23.1 Å². The second-order valence-corrected chi connectivity index (χ2v) is 9.02. The topological polar surface area (TPSA) is 86.6 Å². The third-order valence-corrected chi connectivity index (χ3v) is 7.03. The number of amides is 1. The fourth-order valence-electron chi connectivity index (χ4n) is 3.60. The molecule has 158 valence electrons. The maximum Gasteiger partial charge on any atom is 0.290 e. The summed E-state index contributed by atoms with van der Waals surface area (Å²) < 4.78 is 1.53. The fourth-order valence-corrected chi connectivity index (χ4v) is 5.09. The van der Waals surface area contributed by atoms with Gasteiger partial charge in [-0.25, -0.2) is 9.61 Å². The number of para-hydroxylation sites is 1. The number of thioether (sulfide) groups is 1. The van der Waals surface area contributed by atoms with E-state index in [0.717, 1.165) is 23.7 Å². The van der Waals surface area contributed by atoms with Crippen LogP contribution in [0.5, 0.6) is 0 Å². The normalized spacial score (nSPS) is 14.3. The lowest BCUT2D eigenvalue weighted by Crippen LogP contribution is -2.49. The van der Waals surface area contributed by atoms with Gasteiger partial charge in [0.15, 0.2) is 0 Å². The first-order valence-corrected chi connectivity index (χ1v) is 11.8. The number of hydrogen-bond donors (Lipinski definition) is 1. The zero-order valence-electron chi connectivity index (χ0n) is 16.6. The van der Waals surface area contributed by atoms with Gasteiger partial charge in [0.05, 0.1) is 10.6 Å². The standard InChI is InChI=1S/C21H20N6O2S2/c28-19(26-10-8-25(9-11-26)15-5-2-1-3-6-15)14-31-21-23-22-20(29)17-13-16(24-27(17)21)18-7-4-12-30-18/h1-7,12-13H,8-11,14H2,(H,22,29). The third kappa shape index (κ3) is 4.08. The van der Waals surface area contributed by atoms with Crippen LogP contribution in [0.3, 0.4) is 0 Å². The molecule has 1 aliphatic rings. The van der Waals surface area contributed by atoms with E-state index in [-0.39, 0.29) is 17.2 Å². The van der Waals surface area contributed by atoms with Crippen LogP contribution in [0.2, 0.25) is 0 Å². The molecule has 4 aromatic rings. The Morgan fingerprint density at radius 2 is 1.90 bits per heavy atom. The Bertz CT molecular complexity index is 1240. The largest absolute Gasteiger partial charge is 0.368 e. The molecule has 0 aliphatic carbocycles. The van der Waals surface area contributed by atoms with Crippen molar-refractivity contribution in [1.29, 1.82) is 0 Å². The molecule has 5 rings (SSSR count). The molecule has 1 saturated heterocycles. The van der Waals surface area contributed by atoms with Crippen molar-refractivity contribution < 1.29 is 4.79 Å². The molecule has 0 radical (unpaired) electrons. The number of hydrogen-bond acceptors (Lipinski definition) is 7. The Hall–Kier alpha value is -3.11. The van der Waals surface area contributed by atoms with E-state index in [0.29, 0.717) is 23.8 Å². The highest BCUT2D eigenvalue weighted by atomic mass is 32.2. The number of thiophene rings is 1. The van der Waals surface area contributed by atoms with E-state index in [1.54, 1.807) is 17.4 Å². The highest BCUT2D eigenvalue weighted by Gasteiger charge is 2.22. The van der Waals surface area contributed by atoms with Gasteiger partial charge in [0, 0.05) is 31.9 Å². The van der Waals surface area contributed by atoms with Crippen LogP contribution in [-0.4, -0.2) is 62.6 Å². The third-order valence-electron chi connectivity index (χ3n) is 5.23. The number of carbonyl (C=O) groups is 1. The molecular weight excluding hydrogens is 432 g/mol. The summed E-state index contributed by atoms with van der Waals surface area (Å²) in [5.41, 5.74) is 2.02. The van der Waals surface area contributed by atoms with Gasteiger partial charge in [0.25, 0.3) is 5.56 Å². The number of benzene rings is 1. The maximum atomic E-state index is 12.8. The van der Waals surface area contributed by atoms with E-state index in [9.17, 15) is 9.59 Å². The van der Waals surface area contributed by atoms with Crippen molar-refractivity contribution in [3.8, 4) is 10.6 Å². The second kappa shape index (κ2) is 8.56. The lowest BCUT2D eigenvalue weighted by Gasteiger charge is -2.36. The van der Waals surface area contributed by atoms with Crippen molar-refractivity contribution in [2.45, 2.75) is 5.16 Å². The van der Waals surface area contributed by atoms with Gasteiger partial charge < -0.3 is 9.80 Å². The minimum absolute atomic E-state index is 0.0597. The molecule has 4 heterocycles. The van der Waals surface area contributed by atoms with E-state index < -0.39 is 0 Å². The number of piperazine rings is 1. The molecule has 0 saturated carbocycles. The number of nitrogens with zero attached hydrogens (tertiary/aromatic N) is 5. The Kier molecular flexibility index (Phi) is 5.47. The van der Waals surface area contributed by atoms with Gasteiger partial charge in [-0.15, -0.1) is 16.4 Å². The summed E-state index contributed by atoms with van der Waals surface area (Å²) in [7, 11) is 0. The molecule has 0 spiro atoms. The fraction of sp³-hybridized carbons (Fsp3) is 0.238. The van der Waals surface area contributed by atoms with E-state index >= 15 is 0 Å². The molecular formula is C21H20N6O2S2. The van der Waals surface area contributed by atoms with Gasteiger partial charge in [-0.3, -0.25) is 9.59 Å². The van der Waals surface area contributed by atoms with Crippen LogP contribution in [-0.2, 0) is 4.79 Å². The summed E-state index contributed by atoms with van der Waals surface area (Å²) >= 11 is 2.84. The number of carbonyl (C=O) groups excluding carboxylic acids is 1. The van der Waals surface area contributed by atoms with E-state index in [2.05, 4.69) is 32.3 Å². The van der Waals surface area contributed by atoms with Crippen LogP contribution in [0.4, 0.5) is 5.69 Å². The number of fused-ring (bicyclic) bond motifs is 1. The predicted octanol–water partition coefficient (Wildman–Crippen LogP) is 2.59. The first-order chi connectivity index (χ1) is 15.2. The van der Waals surface area contributed by atoms with Crippen LogP contribution < -0.4 is 10.5 Å². The molecule has 1 aromatic carbocycles. The molecule has 1 amide bonds. The minimum atomic E-state index is -0.303. The molecule has 8 nitrogen and oxygen atoms in total. The maximum absolute atomic E-state index is 12.8. The Balaban J connectivity index is 1.25.